The van der Waals surface area contributed by atoms with Crippen molar-refractivity contribution in [2.24, 2.45) is 0 Å². The van der Waals surface area contributed by atoms with Crippen LogP contribution in [0.4, 0.5) is 5.69 Å². The number of nitro groups is 1. The van der Waals surface area contributed by atoms with Gasteiger partial charge in [0.05, 0.1) is 10.5 Å². The van der Waals surface area contributed by atoms with Crippen LogP contribution in [0.15, 0.2) is 57.4 Å². The number of benzene rings is 2. The predicted molar refractivity (Wildman–Crippen MR) is 89.6 cm³/mol. The highest BCUT2D eigenvalue weighted by Gasteiger charge is 2.13. The lowest BCUT2D eigenvalue weighted by Crippen LogP contribution is -2.05. The van der Waals surface area contributed by atoms with E-state index in [0.29, 0.717) is 11.1 Å². The van der Waals surface area contributed by atoms with Crippen molar-refractivity contribution in [1.29, 1.82) is 0 Å². The Kier molecular flexibility index (Phi) is 4.85. The van der Waals surface area contributed by atoms with Crippen molar-refractivity contribution < 1.29 is 18.9 Å². The maximum absolute atomic E-state index is 12.0. The first-order chi connectivity index (χ1) is 12.0. The van der Waals surface area contributed by atoms with Gasteiger partial charge >= 0.3 is 5.97 Å². The zero-order chi connectivity index (χ0) is 17.8. The third kappa shape index (κ3) is 4.07. The van der Waals surface area contributed by atoms with E-state index in [1.807, 2.05) is 0 Å². The zero-order valence-electron chi connectivity index (χ0n) is 12.6. The second-order valence-corrected chi connectivity index (χ2v) is 5.81. The van der Waals surface area contributed by atoms with E-state index in [9.17, 15) is 14.9 Å². The molecule has 0 bridgehead atoms. The van der Waals surface area contributed by atoms with Crippen LogP contribution < -0.4 is 0 Å². The Bertz CT molecular complexity index is 924. The Morgan fingerprint density at radius 3 is 2.64 bits per heavy atom. The van der Waals surface area contributed by atoms with E-state index < -0.39 is 10.9 Å². The molecule has 0 aliphatic heterocycles. The molecule has 0 unspecified atom stereocenters. The van der Waals surface area contributed by atoms with Crippen LogP contribution in [0.3, 0.4) is 0 Å². The number of carbonyl (C=O) groups is 1. The molecule has 3 aromatic rings. The quantitative estimate of drug-likeness (QED) is 0.362. The summed E-state index contributed by atoms with van der Waals surface area (Å²) in [6.07, 6.45) is 0. The molecule has 1 aromatic heterocycles. The Balaban J connectivity index is 1.65. The molecular formula is C16H10BrN3O5. The third-order valence-corrected chi connectivity index (χ3v) is 3.67. The Labute approximate surface area is 149 Å². The van der Waals surface area contributed by atoms with Crippen molar-refractivity contribution in [2.45, 2.75) is 6.61 Å². The van der Waals surface area contributed by atoms with Crippen LogP contribution in [0.1, 0.15) is 16.2 Å². The molecule has 3 rings (SSSR count). The average Bonchev–Trinajstić information content (AvgIpc) is 3.08. The molecule has 0 radical (unpaired) electrons. The lowest BCUT2D eigenvalue weighted by molar-refractivity contribution is -0.384. The van der Waals surface area contributed by atoms with Gasteiger partial charge in [0, 0.05) is 22.2 Å². The van der Waals surface area contributed by atoms with Gasteiger partial charge in [-0.3, -0.25) is 10.1 Å². The molecule has 0 N–H and O–H groups in total. The van der Waals surface area contributed by atoms with Crippen LogP contribution in [0.5, 0.6) is 0 Å². The highest BCUT2D eigenvalue weighted by Crippen LogP contribution is 2.21. The Morgan fingerprint density at radius 1 is 1.20 bits per heavy atom. The average molecular weight is 404 g/mol. The fourth-order valence-corrected chi connectivity index (χ4v) is 2.38. The summed E-state index contributed by atoms with van der Waals surface area (Å²) in [5, 5.41) is 18.3. The zero-order valence-corrected chi connectivity index (χ0v) is 14.2. The van der Waals surface area contributed by atoms with Gasteiger partial charge < -0.3 is 9.15 Å². The molecular weight excluding hydrogens is 394 g/mol. The summed E-state index contributed by atoms with van der Waals surface area (Å²) in [4.78, 5) is 22.1. The lowest BCUT2D eigenvalue weighted by Gasteiger charge is -2.02. The number of halogens is 1. The SMILES string of the molecule is O=C(OCc1nnc(-c2ccc([N+](=O)[O-])cc2)o1)c1cccc(Br)c1. The highest BCUT2D eigenvalue weighted by molar-refractivity contribution is 9.10. The van der Waals surface area contributed by atoms with Crippen molar-refractivity contribution in [3.05, 3.63) is 74.6 Å². The predicted octanol–water partition coefficient (Wildman–Crippen LogP) is 3.76. The van der Waals surface area contributed by atoms with Crippen LogP contribution in [-0.4, -0.2) is 21.1 Å². The second-order valence-electron chi connectivity index (χ2n) is 4.89. The summed E-state index contributed by atoms with van der Waals surface area (Å²) in [5.41, 5.74) is 0.888. The van der Waals surface area contributed by atoms with Crippen LogP contribution in [0.2, 0.25) is 0 Å². The number of aromatic nitrogens is 2. The van der Waals surface area contributed by atoms with Crippen LogP contribution >= 0.6 is 15.9 Å². The van der Waals surface area contributed by atoms with E-state index in [-0.39, 0.29) is 24.1 Å². The first kappa shape index (κ1) is 16.8. The maximum Gasteiger partial charge on any atom is 0.338 e. The van der Waals surface area contributed by atoms with Crippen molar-refractivity contribution >= 4 is 27.6 Å². The number of ether oxygens (including phenoxy) is 1. The Morgan fingerprint density at radius 2 is 1.96 bits per heavy atom. The number of nitro benzene ring substituents is 1. The number of nitrogens with zero attached hydrogens (tertiary/aromatic N) is 3. The molecule has 0 atom stereocenters. The minimum absolute atomic E-state index is 0.0357. The van der Waals surface area contributed by atoms with Crippen LogP contribution in [0, 0.1) is 10.1 Å². The van der Waals surface area contributed by atoms with Gasteiger partial charge in [0.1, 0.15) is 0 Å². The van der Waals surface area contributed by atoms with E-state index >= 15 is 0 Å². The minimum Gasteiger partial charge on any atom is -0.452 e. The van der Waals surface area contributed by atoms with E-state index in [4.69, 9.17) is 9.15 Å². The molecule has 126 valence electrons. The maximum atomic E-state index is 12.0. The van der Waals surface area contributed by atoms with Crippen molar-refractivity contribution in [2.75, 3.05) is 0 Å². The van der Waals surface area contributed by atoms with E-state index in [2.05, 4.69) is 26.1 Å². The van der Waals surface area contributed by atoms with E-state index in [0.717, 1.165) is 4.47 Å². The molecule has 25 heavy (non-hydrogen) atoms. The molecule has 0 amide bonds. The monoisotopic (exact) mass is 403 g/mol. The summed E-state index contributed by atoms with van der Waals surface area (Å²) >= 11 is 3.28. The highest BCUT2D eigenvalue weighted by atomic mass is 79.9. The molecule has 9 heteroatoms. The summed E-state index contributed by atoms with van der Waals surface area (Å²) in [6, 6.07) is 12.5. The van der Waals surface area contributed by atoms with Gasteiger partial charge in [0.15, 0.2) is 6.61 Å². The molecule has 0 saturated heterocycles. The number of non-ortho nitro benzene ring substituents is 1. The molecule has 1 heterocycles. The van der Waals surface area contributed by atoms with Crippen LogP contribution in [0.25, 0.3) is 11.5 Å². The fourth-order valence-electron chi connectivity index (χ4n) is 1.98. The first-order valence-electron chi connectivity index (χ1n) is 7.03. The molecule has 0 spiro atoms. The molecule has 0 aliphatic carbocycles. The van der Waals surface area contributed by atoms with E-state index in [1.54, 1.807) is 24.3 Å². The van der Waals surface area contributed by atoms with Crippen LogP contribution in [-0.2, 0) is 11.3 Å². The Hall–Kier alpha value is -3.07. The molecule has 0 aliphatic rings. The number of hydrogen-bond acceptors (Lipinski definition) is 7. The van der Waals surface area contributed by atoms with Gasteiger partial charge in [-0.15, -0.1) is 10.2 Å². The summed E-state index contributed by atoms with van der Waals surface area (Å²) in [5.74, 6) is -0.212. The summed E-state index contributed by atoms with van der Waals surface area (Å²) in [6.45, 7) is -0.175. The lowest BCUT2D eigenvalue weighted by atomic mass is 10.2. The van der Waals surface area contributed by atoms with Gasteiger partial charge in [0.25, 0.3) is 11.6 Å². The van der Waals surface area contributed by atoms with Crippen molar-refractivity contribution in [1.82, 2.24) is 10.2 Å². The van der Waals surface area contributed by atoms with Gasteiger partial charge in [0.2, 0.25) is 5.89 Å². The molecule has 0 saturated carbocycles. The van der Waals surface area contributed by atoms with Crippen molar-refractivity contribution in [3.63, 3.8) is 0 Å². The number of rotatable bonds is 5. The first-order valence-corrected chi connectivity index (χ1v) is 7.82. The standard InChI is InChI=1S/C16H10BrN3O5/c17-12-3-1-2-11(8-12)16(21)24-9-14-18-19-15(25-14)10-4-6-13(7-5-10)20(22)23/h1-8H,9H2. The molecule has 8 nitrogen and oxygen atoms in total. The van der Waals surface area contributed by atoms with Gasteiger partial charge in [-0.1, -0.05) is 22.0 Å². The third-order valence-electron chi connectivity index (χ3n) is 3.18. The summed E-state index contributed by atoms with van der Waals surface area (Å²) < 4.78 is 11.3. The largest absolute Gasteiger partial charge is 0.452 e. The van der Waals surface area contributed by atoms with Crippen molar-refractivity contribution in [3.8, 4) is 11.5 Å². The van der Waals surface area contributed by atoms with Gasteiger partial charge in [-0.2, -0.15) is 0 Å². The van der Waals surface area contributed by atoms with Gasteiger partial charge in [-0.05, 0) is 30.3 Å². The fraction of sp³-hybridized carbons (Fsp3) is 0.0625. The summed E-state index contributed by atoms with van der Waals surface area (Å²) in [7, 11) is 0. The normalized spacial score (nSPS) is 10.4. The smallest absolute Gasteiger partial charge is 0.338 e. The van der Waals surface area contributed by atoms with E-state index in [1.165, 1.54) is 24.3 Å². The van der Waals surface area contributed by atoms with Gasteiger partial charge in [-0.25, -0.2) is 4.79 Å². The molecule has 2 aromatic carbocycles. The molecule has 0 fully saturated rings. The number of carbonyl (C=O) groups excluding carboxylic acids is 1. The minimum atomic E-state index is -0.517. The number of esters is 1. The number of hydrogen-bond donors (Lipinski definition) is 0. The topological polar surface area (TPSA) is 108 Å². The second kappa shape index (κ2) is 7.22.